The van der Waals surface area contributed by atoms with Crippen LogP contribution >= 0.6 is 12.0 Å². The highest BCUT2D eigenvalue weighted by molar-refractivity contribution is 7.96. The molecule has 0 heterocycles. The summed E-state index contributed by atoms with van der Waals surface area (Å²) in [5, 5.41) is 11.6. The van der Waals surface area contributed by atoms with Crippen LogP contribution in [-0.2, 0) is 33.2 Å². The van der Waals surface area contributed by atoms with Crippen LogP contribution in [0.15, 0.2) is 0 Å². The Balaban J connectivity index is 1.96. The van der Waals surface area contributed by atoms with Crippen molar-refractivity contribution in [2.75, 3.05) is 13.2 Å². The van der Waals surface area contributed by atoms with Crippen molar-refractivity contribution >= 4 is 24.0 Å². The first-order valence-corrected chi connectivity index (χ1v) is 12.0. The molecule has 32 heavy (non-hydrogen) atoms. The van der Waals surface area contributed by atoms with E-state index in [9.17, 15) is 18.4 Å². The van der Waals surface area contributed by atoms with Gasteiger partial charge in [0.1, 0.15) is 11.4 Å². The average Bonchev–Trinajstić information content (AvgIpc) is 2.80. The van der Waals surface area contributed by atoms with E-state index in [1.54, 1.807) is 0 Å². The van der Waals surface area contributed by atoms with Crippen LogP contribution in [0.1, 0.15) is 78.1 Å². The molecule has 2 rings (SSSR count). The highest BCUT2D eigenvalue weighted by Gasteiger charge is 2.51. The Hall–Kier alpha value is -1.01. The van der Waals surface area contributed by atoms with Gasteiger partial charge >= 0.3 is 18.0 Å². The lowest BCUT2D eigenvalue weighted by Crippen LogP contribution is -2.45. The summed E-state index contributed by atoms with van der Waals surface area (Å²) in [5.74, 6) is -1.39. The molecule has 2 aliphatic rings. The minimum atomic E-state index is -3.74. The van der Waals surface area contributed by atoms with Gasteiger partial charge in [0.25, 0.3) is 0 Å². The number of esters is 2. The Morgan fingerprint density at radius 2 is 1.47 bits per heavy atom. The Kier molecular flexibility index (Phi) is 11.1. The van der Waals surface area contributed by atoms with Crippen molar-refractivity contribution in [3.63, 3.8) is 0 Å². The summed E-state index contributed by atoms with van der Waals surface area (Å²) in [6.07, 6.45) is 3.78. The van der Waals surface area contributed by atoms with Gasteiger partial charge in [-0.2, -0.15) is 8.78 Å². The molecule has 1 N–H and O–H groups in total. The molecule has 0 amide bonds. The van der Waals surface area contributed by atoms with Crippen LogP contribution in [0.4, 0.5) is 8.78 Å². The predicted molar refractivity (Wildman–Crippen MR) is 111 cm³/mol. The molecule has 0 spiro atoms. The second-order valence-electron chi connectivity index (χ2n) is 8.92. The van der Waals surface area contributed by atoms with Gasteiger partial charge in [-0.25, -0.2) is 5.26 Å². The minimum absolute atomic E-state index is 0.171. The maximum Gasteiger partial charge on any atom is 0.372 e. The van der Waals surface area contributed by atoms with Gasteiger partial charge in [-0.15, -0.1) is 4.33 Å². The number of alkyl halides is 2. The van der Waals surface area contributed by atoms with Crippen molar-refractivity contribution < 1.29 is 47.2 Å². The first-order chi connectivity index (χ1) is 15.2. The number of ether oxygens (including phenoxy) is 3. The summed E-state index contributed by atoms with van der Waals surface area (Å²) in [7, 11) is 0. The number of halogens is 2. The normalized spacial score (nSPS) is 20.0. The van der Waals surface area contributed by atoms with E-state index in [2.05, 4.69) is 9.37 Å². The Morgan fingerprint density at radius 3 is 2.00 bits per heavy atom. The first kappa shape index (κ1) is 27.2. The van der Waals surface area contributed by atoms with Gasteiger partial charge in [-0.1, -0.05) is 43.6 Å². The van der Waals surface area contributed by atoms with E-state index < -0.39 is 35.5 Å². The molecule has 0 saturated heterocycles. The van der Waals surface area contributed by atoms with E-state index in [0.717, 1.165) is 65.2 Å². The van der Waals surface area contributed by atoms with E-state index in [0.29, 0.717) is 12.8 Å². The molecule has 11 heteroatoms. The smallest absolute Gasteiger partial charge is 0.372 e. The molecule has 2 fully saturated rings. The van der Waals surface area contributed by atoms with Crippen molar-refractivity contribution in [3.05, 3.63) is 0 Å². The van der Waals surface area contributed by atoms with Gasteiger partial charge in [-0.3, -0.25) is 9.59 Å². The Labute approximate surface area is 191 Å². The van der Waals surface area contributed by atoms with Gasteiger partial charge in [0.15, 0.2) is 6.10 Å². The third-order valence-electron chi connectivity index (χ3n) is 6.00. The Morgan fingerprint density at radius 1 is 0.938 bits per heavy atom. The maximum atomic E-state index is 14.6. The topological polar surface area (TPSA) is 101 Å². The number of rotatable bonds is 12. The van der Waals surface area contributed by atoms with E-state index in [-0.39, 0.29) is 30.5 Å². The quantitative estimate of drug-likeness (QED) is 0.176. The molecule has 186 valence electrons. The fraction of sp³-hybridized carbons (Fsp3) is 0.905. The molecule has 2 saturated carbocycles. The SMILES string of the molecule is CC(C)(SOOO)C(F)(F)OCC(COC(=O)C1CCCCC1)OC(=O)C1CCCCC1. The molecule has 0 aromatic carbocycles. The van der Waals surface area contributed by atoms with Crippen LogP contribution < -0.4 is 0 Å². The number of hydrogen-bond acceptors (Lipinski definition) is 9. The third kappa shape index (κ3) is 8.40. The lowest BCUT2D eigenvalue weighted by molar-refractivity contribution is -0.433. The summed E-state index contributed by atoms with van der Waals surface area (Å²) in [5.41, 5.74) is 0. The zero-order valence-corrected chi connectivity index (χ0v) is 19.5. The van der Waals surface area contributed by atoms with Crippen molar-refractivity contribution in [2.45, 2.75) is 95.0 Å². The fourth-order valence-electron chi connectivity index (χ4n) is 3.87. The van der Waals surface area contributed by atoms with Gasteiger partial charge in [0.05, 0.1) is 30.5 Å². The summed E-state index contributed by atoms with van der Waals surface area (Å²) in [6.45, 7) is 1.23. The molecule has 1 atom stereocenters. The molecule has 0 bridgehead atoms. The van der Waals surface area contributed by atoms with Crippen molar-refractivity contribution in [3.8, 4) is 0 Å². The Bertz CT molecular complexity index is 592. The molecular weight excluding hydrogens is 450 g/mol. The number of carbonyl (C=O) groups is 2. The monoisotopic (exact) mass is 484 g/mol. The maximum absolute atomic E-state index is 14.6. The first-order valence-electron chi connectivity index (χ1n) is 11.2. The molecule has 0 aromatic heterocycles. The second-order valence-corrected chi connectivity index (χ2v) is 10.2. The van der Waals surface area contributed by atoms with E-state index in [4.69, 9.17) is 19.5 Å². The van der Waals surface area contributed by atoms with Crippen LogP contribution in [0.2, 0.25) is 0 Å². The highest BCUT2D eigenvalue weighted by Crippen LogP contribution is 2.41. The van der Waals surface area contributed by atoms with Crippen LogP contribution in [0, 0.1) is 11.8 Å². The molecule has 0 radical (unpaired) electrons. The molecule has 2 aliphatic carbocycles. The lowest BCUT2D eigenvalue weighted by Gasteiger charge is -2.32. The van der Waals surface area contributed by atoms with Crippen LogP contribution in [0.5, 0.6) is 0 Å². The minimum Gasteiger partial charge on any atom is -0.461 e. The average molecular weight is 485 g/mol. The molecule has 0 aromatic rings. The second kappa shape index (κ2) is 13.0. The van der Waals surface area contributed by atoms with Crippen LogP contribution in [-0.4, -0.2) is 47.4 Å². The zero-order valence-electron chi connectivity index (χ0n) is 18.7. The molecular formula is C21H34F2O8S. The number of hydrogen-bond donors (Lipinski definition) is 1. The standard InChI is InChI=1S/C21H34F2O8S/c1-20(2,32-31-30-26)21(22,23)28-14-17(29-19(25)16-11-7-4-8-12-16)13-27-18(24)15-9-5-3-6-10-15/h15-17,26H,3-14H2,1-2H3. The third-order valence-corrected chi connectivity index (χ3v) is 6.78. The van der Waals surface area contributed by atoms with E-state index in [1.807, 2.05) is 0 Å². The van der Waals surface area contributed by atoms with Crippen LogP contribution in [0.25, 0.3) is 0 Å². The molecule has 8 nitrogen and oxygen atoms in total. The zero-order chi connectivity index (χ0) is 23.6. The summed E-state index contributed by atoms with van der Waals surface area (Å²) in [6, 6.07) is 0. The van der Waals surface area contributed by atoms with Gasteiger partial charge in [-0.05, 0) is 39.5 Å². The van der Waals surface area contributed by atoms with Crippen molar-refractivity contribution in [1.82, 2.24) is 0 Å². The highest BCUT2D eigenvalue weighted by atomic mass is 32.2. The van der Waals surface area contributed by atoms with Crippen LogP contribution in [0.3, 0.4) is 0 Å². The fourth-order valence-corrected chi connectivity index (χ4v) is 4.22. The van der Waals surface area contributed by atoms with E-state index in [1.165, 1.54) is 0 Å². The molecule has 0 aliphatic heterocycles. The summed E-state index contributed by atoms with van der Waals surface area (Å²) >= 11 is 0.171. The number of carbonyl (C=O) groups excluding carboxylic acids is 2. The van der Waals surface area contributed by atoms with Gasteiger partial charge in [0.2, 0.25) is 0 Å². The van der Waals surface area contributed by atoms with Crippen molar-refractivity contribution in [2.24, 2.45) is 11.8 Å². The lowest BCUT2D eigenvalue weighted by atomic mass is 9.89. The summed E-state index contributed by atoms with van der Waals surface area (Å²) in [4.78, 5) is 24.9. The van der Waals surface area contributed by atoms with Gasteiger partial charge < -0.3 is 14.2 Å². The predicted octanol–water partition coefficient (Wildman–Crippen LogP) is 5.06. The molecule has 1 unspecified atom stereocenters. The van der Waals surface area contributed by atoms with Gasteiger partial charge in [0, 0.05) is 0 Å². The summed E-state index contributed by atoms with van der Waals surface area (Å²) < 4.78 is 46.9. The largest absolute Gasteiger partial charge is 0.461 e. The van der Waals surface area contributed by atoms with Crippen molar-refractivity contribution in [1.29, 1.82) is 0 Å². The van der Waals surface area contributed by atoms with E-state index >= 15 is 0 Å².